The Morgan fingerprint density at radius 2 is 2.19 bits per heavy atom. The third-order valence-electron chi connectivity index (χ3n) is 2.22. The number of nitrogens with one attached hydrogen (secondary N) is 1. The molecule has 1 N–H and O–H groups in total. The van der Waals surface area contributed by atoms with Crippen molar-refractivity contribution in [1.29, 1.82) is 0 Å². The number of hydrogen-bond acceptors (Lipinski definition) is 2. The largest absolute Gasteiger partial charge is 0.352 e. The van der Waals surface area contributed by atoms with Crippen LogP contribution in [0, 0.1) is 6.92 Å². The molecule has 0 saturated carbocycles. The number of hydrogen-bond donors (Lipinski definition) is 1. The van der Waals surface area contributed by atoms with E-state index in [9.17, 15) is 4.79 Å². The van der Waals surface area contributed by atoms with Crippen molar-refractivity contribution in [3.05, 3.63) is 21.9 Å². The Morgan fingerprint density at radius 1 is 1.56 bits per heavy atom. The topological polar surface area (TPSA) is 29.1 Å². The summed E-state index contributed by atoms with van der Waals surface area (Å²) in [5.41, 5.74) is 0. The van der Waals surface area contributed by atoms with Gasteiger partial charge in [-0.05, 0) is 39.8 Å². The van der Waals surface area contributed by atoms with Crippen molar-refractivity contribution in [2.24, 2.45) is 0 Å². The molecule has 0 aliphatic carbocycles. The molecule has 16 heavy (non-hydrogen) atoms. The first kappa shape index (κ1) is 13.7. The van der Waals surface area contributed by atoms with E-state index in [2.05, 4.69) is 40.3 Å². The van der Waals surface area contributed by atoms with Crippen LogP contribution in [-0.2, 0) is 11.2 Å². The summed E-state index contributed by atoms with van der Waals surface area (Å²) < 4.78 is -0.493. The van der Waals surface area contributed by atoms with Crippen LogP contribution in [0.2, 0.25) is 0 Å². The predicted molar refractivity (Wildman–Crippen MR) is 73.4 cm³/mol. The summed E-state index contributed by atoms with van der Waals surface area (Å²) in [5.74, 6) is 0.0354. The number of alkyl halides is 1. The average molecular weight is 304 g/mol. The minimum Gasteiger partial charge on any atom is -0.352 e. The summed E-state index contributed by atoms with van der Waals surface area (Å²) in [6.45, 7) is 7.83. The highest BCUT2D eigenvalue weighted by Gasteiger charge is 2.24. The second kappa shape index (κ2) is 5.32. The Kier molecular flexibility index (Phi) is 4.56. The Labute approximate surface area is 110 Å². The number of rotatable bonds is 4. The minimum atomic E-state index is -0.493. The second-order valence-corrected chi connectivity index (χ2v) is 7.92. The first-order valence-electron chi connectivity index (χ1n) is 5.34. The standard InChI is InChI=1S/C12H18BrNOS/c1-8(14-11(15)12(3,4)13)7-10-6-5-9(2)16-10/h5-6,8H,7H2,1-4H3,(H,14,15). The van der Waals surface area contributed by atoms with Gasteiger partial charge in [-0.2, -0.15) is 0 Å². The lowest BCUT2D eigenvalue weighted by Gasteiger charge is -2.20. The second-order valence-electron chi connectivity index (χ2n) is 4.56. The maximum atomic E-state index is 11.7. The molecule has 0 fully saturated rings. The summed E-state index contributed by atoms with van der Waals surface area (Å²) in [4.78, 5) is 14.3. The molecule has 0 bridgehead atoms. The molecule has 1 rings (SSSR count). The van der Waals surface area contributed by atoms with Crippen molar-refractivity contribution in [3.63, 3.8) is 0 Å². The number of carbonyl (C=O) groups excluding carboxylic acids is 1. The highest BCUT2D eigenvalue weighted by atomic mass is 79.9. The van der Waals surface area contributed by atoms with E-state index in [1.165, 1.54) is 9.75 Å². The third-order valence-corrected chi connectivity index (χ3v) is 3.60. The van der Waals surface area contributed by atoms with Gasteiger partial charge in [-0.15, -0.1) is 11.3 Å². The molecule has 0 aliphatic rings. The minimum absolute atomic E-state index is 0.0354. The van der Waals surface area contributed by atoms with E-state index in [4.69, 9.17) is 0 Å². The maximum absolute atomic E-state index is 11.7. The van der Waals surface area contributed by atoms with Gasteiger partial charge in [-0.25, -0.2) is 0 Å². The number of aryl methyl sites for hydroxylation is 1. The molecule has 4 heteroatoms. The van der Waals surface area contributed by atoms with E-state index in [0.717, 1.165) is 6.42 Å². The molecule has 0 spiro atoms. The van der Waals surface area contributed by atoms with E-state index < -0.39 is 4.32 Å². The maximum Gasteiger partial charge on any atom is 0.236 e. The van der Waals surface area contributed by atoms with Gasteiger partial charge in [0, 0.05) is 22.2 Å². The van der Waals surface area contributed by atoms with Crippen LogP contribution < -0.4 is 5.32 Å². The molecule has 1 atom stereocenters. The van der Waals surface area contributed by atoms with Crippen LogP contribution in [0.4, 0.5) is 0 Å². The van der Waals surface area contributed by atoms with E-state index in [0.29, 0.717) is 0 Å². The molecule has 90 valence electrons. The number of carbonyl (C=O) groups is 1. The Hall–Kier alpha value is -0.350. The summed E-state index contributed by atoms with van der Waals surface area (Å²) in [6.07, 6.45) is 0.896. The first-order chi connectivity index (χ1) is 7.29. The fraction of sp³-hybridized carbons (Fsp3) is 0.583. The zero-order valence-corrected chi connectivity index (χ0v) is 12.5. The summed E-state index contributed by atoms with van der Waals surface area (Å²) in [6, 6.07) is 4.41. The summed E-state index contributed by atoms with van der Waals surface area (Å²) in [7, 11) is 0. The zero-order chi connectivity index (χ0) is 12.3. The van der Waals surface area contributed by atoms with Crippen LogP contribution in [0.25, 0.3) is 0 Å². The van der Waals surface area contributed by atoms with E-state index in [1.54, 1.807) is 11.3 Å². The molecule has 1 aromatic rings. The molecule has 2 nitrogen and oxygen atoms in total. The molecule has 1 unspecified atom stereocenters. The van der Waals surface area contributed by atoms with Gasteiger partial charge in [0.25, 0.3) is 0 Å². The summed E-state index contributed by atoms with van der Waals surface area (Å²) in [5, 5.41) is 3.00. The van der Waals surface area contributed by atoms with Crippen LogP contribution in [0.5, 0.6) is 0 Å². The molecule has 1 aromatic heterocycles. The van der Waals surface area contributed by atoms with Gasteiger partial charge < -0.3 is 5.32 Å². The molecule has 1 amide bonds. The number of halogens is 1. The van der Waals surface area contributed by atoms with Crippen molar-refractivity contribution >= 4 is 33.2 Å². The lowest BCUT2D eigenvalue weighted by molar-refractivity contribution is -0.123. The Balaban J connectivity index is 2.48. The van der Waals surface area contributed by atoms with Gasteiger partial charge in [-0.3, -0.25) is 4.79 Å². The van der Waals surface area contributed by atoms with Crippen LogP contribution in [0.1, 0.15) is 30.5 Å². The number of thiophene rings is 1. The molecule has 0 aromatic carbocycles. The predicted octanol–water partition coefficient (Wildman–Crippen LogP) is 3.28. The fourth-order valence-corrected chi connectivity index (χ4v) is 2.48. The lowest BCUT2D eigenvalue weighted by Crippen LogP contribution is -2.43. The molecule has 0 aliphatic heterocycles. The van der Waals surface area contributed by atoms with Crippen molar-refractivity contribution in [3.8, 4) is 0 Å². The summed E-state index contributed by atoms with van der Waals surface area (Å²) >= 11 is 5.14. The Morgan fingerprint density at radius 3 is 2.62 bits per heavy atom. The van der Waals surface area contributed by atoms with Crippen LogP contribution in [-0.4, -0.2) is 16.3 Å². The van der Waals surface area contributed by atoms with Gasteiger partial charge in [0.1, 0.15) is 0 Å². The quantitative estimate of drug-likeness (QED) is 0.850. The number of amides is 1. The van der Waals surface area contributed by atoms with E-state index >= 15 is 0 Å². The third kappa shape index (κ3) is 4.26. The van der Waals surface area contributed by atoms with Crippen LogP contribution >= 0.6 is 27.3 Å². The van der Waals surface area contributed by atoms with Gasteiger partial charge in [0.15, 0.2) is 0 Å². The normalized spacial score (nSPS) is 13.6. The molecule has 0 saturated heterocycles. The fourth-order valence-electron chi connectivity index (χ4n) is 1.34. The smallest absolute Gasteiger partial charge is 0.236 e. The highest BCUT2D eigenvalue weighted by molar-refractivity contribution is 9.10. The van der Waals surface area contributed by atoms with Crippen LogP contribution in [0.3, 0.4) is 0 Å². The zero-order valence-electron chi connectivity index (χ0n) is 10.1. The van der Waals surface area contributed by atoms with Crippen molar-refractivity contribution in [2.45, 2.75) is 44.5 Å². The van der Waals surface area contributed by atoms with Gasteiger partial charge in [0.2, 0.25) is 5.91 Å². The average Bonchev–Trinajstić information content (AvgIpc) is 2.49. The van der Waals surface area contributed by atoms with Gasteiger partial charge in [-0.1, -0.05) is 15.9 Å². The Bertz CT molecular complexity index is 367. The van der Waals surface area contributed by atoms with Crippen LogP contribution in [0.15, 0.2) is 12.1 Å². The lowest BCUT2D eigenvalue weighted by atomic mass is 10.1. The monoisotopic (exact) mass is 303 g/mol. The highest BCUT2D eigenvalue weighted by Crippen LogP contribution is 2.18. The first-order valence-corrected chi connectivity index (χ1v) is 6.95. The molecular weight excluding hydrogens is 286 g/mol. The molecule has 0 radical (unpaired) electrons. The van der Waals surface area contributed by atoms with Crippen molar-refractivity contribution in [1.82, 2.24) is 5.32 Å². The van der Waals surface area contributed by atoms with Gasteiger partial charge >= 0.3 is 0 Å². The molecular formula is C12H18BrNOS. The van der Waals surface area contributed by atoms with Gasteiger partial charge in [0.05, 0.1) is 4.32 Å². The SMILES string of the molecule is Cc1ccc(CC(C)NC(=O)C(C)(C)Br)s1. The van der Waals surface area contributed by atoms with E-state index in [1.807, 2.05) is 20.8 Å². The molecule has 1 heterocycles. The van der Waals surface area contributed by atoms with Crippen molar-refractivity contribution < 1.29 is 4.79 Å². The van der Waals surface area contributed by atoms with Crippen molar-refractivity contribution in [2.75, 3.05) is 0 Å². The van der Waals surface area contributed by atoms with E-state index in [-0.39, 0.29) is 11.9 Å².